The maximum atomic E-state index is 11.6. The molecule has 124 valence electrons. The van der Waals surface area contributed by atoms with Gasteiger partial charge in [0, 0.05) is 6.08 Å². The van der Waals surface area contributed by atoms with Crippen LogP contribution >= 0.6 is 0 Å². The van der Waals surface area contributed by atoms with Crippen LogP contribution in [0.15, 0.2) is 66.7 Å². The van der Waals surface area contributed by atoms with Gasteiger partial charge in [0.15, 0.2) is 6.61 Å². The predicted molar refractivity (Wildman–Crippen MR) is 91.4 cm³/mol. The van der Waals surface area contributed by atoms with Crippen molar-refractivity contribution in [1.29, 1.82) is 0 Å². The van der Waals surface area contributed by atoms with E-state index >= 15 is 0 Å². The Bertz CT molecular complexity index is 668. The number of rotatable bonds is 8. The van der Waals surface area contributed by atoms with Gasteiger partial charge < -0.3 is 14.8 Å². The summed E-state index contributed by atoms with van der Waals surface area (Å²) in [6.45, 7) is 0.367. The lowest BCUT2D eigenvalue weighted by Gasteiger charge is -2.07. The molecule has 2 aromatic carbocycles. The van der Waals surface area contributed by atoms with Gasteiger partial charge in [-0.05, 0) is 23.8 Å². The van der Waals surface area contributed by atoms with Crippen LogP contribution < -0.4 is 10.1 Å². The Kier molecular flexibility index (Phi) is 7.08. The number of benzene rings is 2. The van der Waals surface area contributed by atoms with Crippen LogP contribution in [-0.4, -0.2) is 31.6 Å². The van der Waals surface area contributed by atoms with Crippen LogP contribution in [0.3, 0.4) is 0 Å². The molecule has 0 aliphatic heterocycles. The maximum Gasteiger partial charge on any atom is 0.331 e. The van der Waals surface area contributed by atoms with Gasteiger partial charge in [-0.2, -0.15) is 0 Å². The lowest BCUT2D eigenvalue weighted by Crippen LogP contribution is -2.31. The molecule has 0 heterocycles. The standard InChI is InChI=1S/C19H19NO4/c21-18(20-13-14-23-17-9-5-2-6-10-17)15-24-19(22)12-11-16-7-3-1-4-8-16/h1-12H,13-15H2,(H,20,21)/b12-11+. The molecular weight excluding hydrogens is 306 g/mol. The molecule has 24 heavy (non-hydrogen) atoms. The van der Waals surface area contributed by atoms with E-state index in [2.05, 4.69) is 5.32 Å². The van der Waals surface area contributed by atoms with E-state index in [1.54, 1.807) is 6.08 Å². The largest absolute Gasteiger partial charge is 0.492 e. The molecule has 5 heteroatoms. The summed E-state index contributed by atoms with van der Waals surface area (Å²) in [4.78, 5) is 23.1. The van der Waals surface area contributed by atoms with Crippen molar-refractivity contribution in [3.8, 4) is 5.75 Å². The summed E-state index contributed by atoms with van der Waals surface area (Å²) in [5.74, 6) is -0.188. The Morgan fingerprint density at radius 1 is 0.958 bits per heavy atom. The van der Waals surface area contributed by atoms with Crippen LogP contribution in [0.25, 0.3) is 6.08 Å². The second-order valence-electron chi connectivity index (χ2n) is 4.86. The first-order valence-electron chi connectivity index (χ1n) is 7.58. The molecule has 0 fully saturated rings. The van der Waals surface area contributed by atoms with Gasteiger partial charge in [0.1, 0.15) is 12.4 Å². The molecule has 0 aliphatic carbocycles. The summed E-state index contributed by atoms with van der Waals surface area (Å²) in [6, 6.07) is 18.7. The summed E-state index contributed by atoms with van der Waals surface area (Å²) >= 11 is 0. The first-order valence-corrected chi connectivity index (χ1v) is 7.58. The molecule has 0 unspecified atom stereocenters. The minimum absolute atomic E-state index is 0.316. The summed E-state index contributed by atoms with van der Waals surface area (Å²) in [7, 11) is 0. The van der Waals surface area contributed by atoms with Gasteiger partial charge in [-0.25, -0.2) is 4.79 Å². The SMILES string of the molecule is O=C(COC(=O)/C=C/c1ccccc1)NCCOc1ccccc1. The molecule has 1 N–H and O–H groups in total. The quantitative estimate of drug-likeness (QED) is 0.460. The van der Waals surface area contributed by atoms with Crippen molar-refractivity contribution >= 4 is 18.0 Å². The number of carbonyl (C=O) groups excluding carboxylic acids is 2. The second kappa shape index (κ2) is 9.84. The fraction of sp³-hybridized carbons (Fsp3) is 0.158. The van der Waals surface area contributed by atoms with Gasteiger partial charge in [0.05, 0.1) is 6.54 Å². The summed E-state index contributed by atoms with van der Waals surface area (Å²) < 4.78 is 10.3. The van der Waals surface area contributed by atoms with Crippen molar-refractivity contribution in [1.82, 2.24) is 5.32 Å². The third kappa shape index (κ3) is 6.79. The van der Waals surface area contributed by atoms with Crippen molar-refractivity contribution in [2.24, 2.45) is 0 Å². The van der Waals surface area contributed by atoms with Crippen LogP contribution in [0.1, 0.15) is 5.56 Å². The van der Waals surface area contributed by atoms with Gasteiger partial charge in [-0.3, -0.25) is 4.79 Å². The number of para-hydroxylation sites is 1. The van der Waals surface area contributed by atoms with E-state index in [1.807, 2.05) is 60.7 Å². The van der Waals surface area contributed by atoms with Crippen molar-refractivity contribution in [2.75, 3.05) is 19.8 Å². The fourth-order valence-corrected chi connectivity index (χ4v) is 1.84. The molecule has 5 nitrogen and oxygen atoms in total. The van der Waals surface area contributed by atoms with E-state index in [1.165, 1.54) is 6.08 Å². The number of hydrogen-bond donors (Lipinski definition) is 1. The Hall–Kier alpha value is -3.08. The number of carbonyl (C=O) groups is 2. The van der Waals surface area contributed by atoms with Crippen LogP contribution in [0.4, 0.5) is 0 Å². The average molecular weight is 325 g/mol. The Morgan fingerprint density at radius 3 is 2.33 bits per heavy atom. The van der Waals surface area contributed by atoms with E-state index < -0.39 is 5.97 Å². The van der Waals surface area contributed by atoms with Gasteiger partial charge in [-0.1, -0.05) is 48.5 Å². The number of ether oxygens (including phenoxy) is 2. The molecule has 2 rings (SSSR count). The zero-order chi connectivity index (χ0) is 17.0. The summed E-state index contributed by atoms with van der Waals surface area (Å²) in [5.41, 5.74) is 0.886. The first-order chi connectivity index (χ1) is 11.7. The van der Waals surface area contributed by atoms with Crippen LogP contribution in [0.2, 0.25) is 0 Å². The van der Waals surface area contributed by atoms with Gasteiger partial charge in [0.25, 0.3) is 5.91 Å². The van der Waals surface area contributed by atoms with Crippen LogP contribution in [-0.2, 0) is 14.3 Å². The molecule has 1 amide bonds. The zero-order valence-electron chi connectivity index (χ0n) is 13.2. The van der Waals surface area contributed by atoms with E-state index in [0.717, 1.165) is 11.3 Å². The lowest BCUT2D eigenvalue weighted by atomic mass is 10.2. The van der Waals surface area contributed by atoms with E-state index in [-0.39, 0.29) is 12.5 Å². The summed E-state index contributed by atoms with van der Waals surface area (Å²) in [5, 5.41) is 2.62. The lowest BCUT2D eigenvalue weighted by molar-refractivity contribution is -0.143. The molecule has 0 atom stereocenters. The first kappa shape index (κ1) is 17.3. The zero-order valence-corrected chi connectivity index (χ0v) is 13.2. The molecule has 0 aromatic heterocycles. The third-order valence-corrected chi connectivity index (χ3v) is 2.99. The highest BCUT2D eigenvalue weighted by molar-refractivity contribution is 5.89. The Morgan fingerprint density at radius 2 is 1.62 bits per heavy atom. The number of esters is 1. The summed E-state index contributed by atoms with van der Waals surface area (Å²) in [6.07, 6.45) is 2.93. The van der Waals surface area contributed by atoms with Crippen molar-refractivity contribution in [3.63, 3.8) is 0 Å². The van der Waals surface area contributed by atoms with Crippen LogP contribution in [0.5, 0.6) is 5.75 Å². The molecule has 0 spiro atoms. The van der Waals surface area contributed by atoms with Crippen molar-refractivity contribution in [2.45, 2.75) is 0 Å². The number of amides is 1. The highest BCUT2D eigenvalue weighted by Gasteiger charge is 2.04. The van der Waals surface area contributed by atoms with Crippen molar-refractivity contribution < 1.29 is 19.1 Å². The fourth-order valence-electron chi connectivity index (χ4n) is 1.84. The second-order valence-corrected chi connectivity index (χ2v) is 4.86. The molecule has 2 aromatic rings. The Balaban J connectivity index is 1.59. The van der Waals surface area contributed by atoms with Gasteiger partial charge >= 0.3 is 5.97 Å². The molecule has 0 bridgehead atoms. The van der Waals surface area contributed by atoms with E-state index in [4.69, 9.17) is 9.47 Å². The highest BCUT2D eigenvalue weighted by atomic mass is 16.5. The predicted octanol–water partition coefficient (Wildman–Crippen LogP) is 2.44. The van der Waals surface area contributed by atoms with Crippen LogP contribution in [0, 0.1) is 0 Å². The minimum Gasteiger partial charge on any atom is -0.492 e. The number of hydrogen-bond acceptors (Lipinski definition) is 4. The topological polar surface area (TPSA) is 64.6 Å². The normalized spacial score (nSPS) is 10.3. The third-order valence-electron chi connectivity index (χ3n) is 2.99. The van der Waals surface area contributed by atoms with E-state index in [0.29, 0.717) is 13.2 Å². The van der Waals surface area contributed by atoms with Gasteiger partial charge in [0.2, 0.25) is 0 Å². The minimum atomic E-state index is -0.561. The molecular formula is C19H19NO4. The number of nitrogens with one attached hydrogen (secondary N) is 1. The molecule has 0 saturated carbocycles. The molecule has 0 radical (unpaired) electrons. The maximum absolute atomic E-state index is 11.6. The monoisotopic (exact) mass is 325 g/mol. The average Bonchev–Trinajstić information content (AvgIpc) is 2.63. The van der Waals surface area contributed by atoms with E-state index in [9.17, 15) is 9.59 Å². The molecule has 0 saturated heterocycles. The smallest absolute Gasteiger partial charge is 0.331 e. The van der Waals surface area contributed by atoms with Crippen molar-refractivity contribution in [3.05, 3.63) is 72.3 Å². The van der Waals surface area contributed by atoms with Gasteiger partial charge in [-0.15, -0.1) is 0 Å². The highest BCUT2D eigenvalue weighted by Crippen LogP contribution is 2.07. The molecule has 0 aliphatic rings. The Labute approximate surface area is 140 Å².